The second-order valence-electron chi connectivity index (χ2n) is 8.57. The monoisotopic (exact) mass is 439 g/mol. The molecule has 33 heavy (non-hydrogen) atoms. The highest BCUT2D eigenvalue weighted by Gasteiger charge is 2.13. The number of aryl methyl sites for hydroxylation is 1. The molecule has 0 unspecified atom stereocenters. The van der Waals surface area contributed by atoms with Crippen LogP contribution in [0, 0.1) is 6.92 Å². The summed E-state index contributed by atoms with van der Waals surface area (Å²) in [4.78, 5) is 10.5. The minimum absolute atomic E-state index is 0.888. The van der Waals surface area contributed by atoms with Crippen LogP contribution in [0.3, 0.4) is 0 Å². The number of hydrogen-bond donors (Lipinski definition) is 2. The van der Waals surface area contributed by atoms with Gasteiger partial charge in [-0.2, -0.15) is 5.10 Å². The van der Waals surface area contributed by atoms with Crippen LogP contribution in [0.5, 0.6) is 0 Å². The van der Waals surface area contributed by atoms with Gasteiger partial charge in [-0.3, -0.25) is 15.0 Å². The van der Waals surface area contributed by atoms with Gasteiger partial charge in [0, 0.05) is 29.9 Å². The first kappa shape index (κ1) is 22.7. The van der Waals surface area contributed by atoms with Crippen LogP contribution in [-0.4, -0.2) is 38.2 Å². The van der Waals surface area contributed by atoms with E-state index in [0.717, 1.165) is 50.9 Å². The lowest BCUT2D eigenvalue weighted by molar-refractivity contribution is 0.331. The lowest BCUT2D eigenvalue weighted by Gasteiger charge is -2.14. The third-order valence-electron chi connectivity index (χ3n) is 6.10. The molecule has 0 spiro atoms. The van der Waals surface area contributed by atoms with E-state index in [1.807, 2.05) is 50.5 Å². The smallest absolute Gasteiger partial charge is 0.116 e. The van der Waals surface area contributed by atoms with E-state index >= 15 is 0 Å². The molecule has 0 aromatic carbocycles. The molecule has 4 rings (SSSR count). The molecule has 2 N–H and O–H groups in total. The molecule has 5 heteroatoms. The lowest BCUT2D eigenvalue weighted by Crippen LogP contribution is -2.23. The number of allylic oxidation sites excluding steroid dienone is 4. The Hall–Kier alpha value is -3.44. The van der Waals surface area contributed by atoms with E-state index in [2.05, 4.69) is 62.9 Å². The number of nitrogens with one attached hydrogen (secondary N) is 2. The predicted octanol–water partition coefficient (Wildman–Crippen LogP) is 4.59. The van der Waals surface area contributed by atoms with Crippen molar-refractivity contribution >= 4 is 23.8 Å². The van der Waals surface area contributed by atoms with Crippen molar-refractivity contribution in [2.24, 2.45) is 0 Å². The Bertz CT molecular complexity index is 1300. The Balaban J connectivity index is 1.67. The lowest BCUT2D eigenvalue weighted by atomic mass is 10.1. The molecule has 170 valence electrons. The van der Waals surface area contributed by atoms with E-state index in [1.54, 1.807) is 0 Å². The Labute approximate surface area is 196 Å². The first-order valence-corrected chi connectivity index (χ1v) is 11.7. The Morgan fingerprint density at radius 2 is 1.97 bits per heavy atom. The molecule has 1 aliphatic heterocycles. The van der Waals surface area contributed by atoms with E-state index in [9.17, 15) is 0 Å². The second kappa shape index (κ2) is 10.5. The van der Waals surface area contributed by atoms with Gasteiger partial charge in [0.25, 0.3) is 0 Å². The highest BCUT2D eigenvalue weighted by Crippen LogP contribution is 2.20. The fourth-order valence-corrected chi connectivity index (χ4v) is 4.29. The van der Waals surface area contributed by atoms with Crippen molar-refractivity contribution in [3.8, 4) is 11.4 Å². The highest BCUT2D eigenvalue weighted by molar-refractivity contribution is 5.88. The largest absolute Gasteiger partial charge is 0.357 e. The molecular formula is C28H33N5. The summed E-state index contributed by atoms with van der Waals surface area (Å²) in [5.74, 6) is 0. The third kappa shape index (κ3) is 5.32. The van der Waals surface area contributed by atoms with E-state index in [1.165, 1.54) is 31.5 Å². The molecule has 3 aromatic rings. The number of aromatic nitrogens is 4. The quantitative estimate of drug-likeness (QED) is 0.530. The van der Waals surface area contributed by atoms with Crippen LogP contribution in [0.25, 0.3) is 35.2 Å². The molecule has 4 heterocycles. The second-order valence-corrected chi connectivity index (χ2v) is 8.57. The van der Waals surface area contributed by atoms with Crippen LogP contribution in [0.4, 0.5) is 0 Å². The Morgan fingerprint density at radius 3 is 2.73 bits per heavy atom. The molecular weight excluding hydrogens is 406 g/mol. The Kier molecular flexibility index (Phi) is 7.20. The van der Waals surface area contributed by atoms with Crippen LogP contribution in [0.15, 0.2) is 49.3 Å². The maximum atomic E-state index is 4.62. The van der Waals surface area contributed by atoms with Crippen molar-refractivity contribution in [1.29, 1.82) is 0 Å². The van der Waals surface area contributed by atoms with Crippen molar-refractivity contribution in [1.82, 2.24) is 25.1 Å². The number of aromatic amines is 2. The molecule has 0 atom stereocenters. The molecule has 3 aromatic heterocycles. The standard InChI is InChI=1S/C28H33N5/c1-5-7-8-11-23-16-27(30-21(23)4)28-25(26(6-2)31-32-28)14-20(3)24-15-22(17-29-18-24)19-33-12-9-10-13-33/h5-8,11,14-18,30-31H,3,9-10,12-13,19H2,1-2,4H3/b7-5-,11-8-,25-14+,26-6+. The van der Waals surface area contributed by atoms with Crippen molar-refractivity contribution in [3.63, 3.8) is 0 Å². The van der Waals surface area contributed by atoms with Crippen LogP contribution < -0.4 is 10.6 Å². The summed E-state index contributed by atoms with van der Waals surface area (Å²) in [5, 5.41) is 9.79. The summed E-state index contributed by atoms with van der Waals surface area (Å²) in [6, 6.07) is 4.35. The van der Waals surface area contributed by atoms with Crippen molar-refractivity contribution in [2.45, 2.75) is 40.2 Å². The number of pyridine rings is 1. The van der Waals surface area contributed by atoms with Crippen LogP contribution in [0.1, 0.15) is 49.1 Å². The number of nitrogens with zero attached hydrogens (tertiary/aromatic N) is 3. The zero-order valence-electron chi connectivity index (χ0n) is 19.9. The molecule has 0 amide bonds. The molecule has 0 saturated carbocycles. The maximum Gasteiger partial charge on any atom is 0.116 e. The SMILES string of the molecule is C=C(/C=c1/c(-c2cc(/C=C\C=C/C)c(C)[nH]2)n[nH]/c1=C/C)c1cncc(CN2CCCC2)c1. The number of likely N-dealkylation sites (tertiary alicyclic amines) is 1. The average molecular weight is 440 g/mol. The summed E-state index contributed by atoms with van der Waals surface area (Å²) in [6.45, 7) is 13.8. The van der Waals surface area contributed by atoms with Gasteiger partial charge in [-0.05, 0) is 87.2 Å². The molecule has 1 aliphatic rings. The first-order chi connectivity index (χ1) is 16.1. The van der Waals surface area contributed by atoms with Gasteiger partial charge >= 0.3 is 0 Å². The van der Waals surface area contributed by atoms with E-state index in [4.69, 9.17) is 0 Å². The minimum Gasteiger partial charge on any atom is -0.357 e. The molecule has 1 fully saturated rings. The number of hydrogen-bond acceptors (Lipinski definition) is 3. The van der Waals surface area contributed by atoms with Crippen LogP contribution in [-0.2, 0) is 6.54 Å². The van der Waals surface area contributed by atoms with Crippen LogP contribution >= 0.6 is 0 Å². The summed E-state index contributed by atoms with van der Waals surface area (Å²) in [6.07, 6.45) is 18.8. The van der Waals surface area contributed by atoms with Gasteiger partial charge in [0.2, 0.25) is 0 Å². The molecule has 0 bridgehead atoms. The van der Waals surface area contributed by atoms with Gasteiger partial charge in [0.05, 0.1) is 11.0 Å². The van der Waals surface area contributed by atoms with Gasteiger partial charge in [-0.25, -0.2) is 0 Å². The number of H-pyrrole nitrogens is 2. The summed E-state index contributed by atoms with van der Waals surface area (Å²) >= 11 is 0. The summed E-state index contributed by atoms with van der Waals surface area (Å²) in [5.41, 5.74) is 7.33. The molecule has 1 saturated heterocycles. The van der Waals surface area contributed by atoms with Gasteiger partial charge in [0.1, 0.15) is 5.69 Å². The molecule has 0 aliphatic carbocycles. The van der Waals surface area contributed by atoms with Crippen molar-refractivity contribution in [2.75, 3.05) is 13.1 Å². The van der Waals surface area contributed by atoms with Gasteiger partial charge in [-0.1, -0.05) is 37.0 Å². The fraction of sp³-hybridized carbons (Fsp3) is 0.286. The normalized spacial score (nSPS) is 16.1. The third-order valence-corrected chi connectivity index (χ3v) is 6.10. The summed E-state index contributed by atoms with van der Waals surface area (Å²) < 4.78 is 0. The summed E-state index contributed by atoms with van der Waals surface area (Å²) in [7, 11) is 0. The number of rotatable bonds is 7. The maximum absolute atomic E-state index is 4.62. The van der Waals surface area contributed by atoms with Gasteiger partial charge in [0.15, 0.2) is 0 Å². The van der Waals surface area contributed by atoms with Crippen LogP contribution in [0.2, 0.25) is 0 Å². The zero-order valence-corrected chi connectivity index (χ0v) is 19.9. The van der Waals surface area contributed by atoms with Gasteiger partial charge in [-0.15, -0.1) is 0 Å². The highest BCUT2D eigenvalue weighted by atomic mass is 15.1. The van der Waals surface area contributed by atoms with E-state index in [0.29, 0.717) is 0 Å². The van der Waals surface area contributed by atoms with Crippen molar-refractivity contribution in [3.05, 3.63) is 82.3 Å². The Morgan fingerprint density at radius 1 is 1.15 bits per heavy atom. The van der Waals surface area contributed by atoms with Crippen molar-refractivity contribution < 1.29 is 0 Å². The first-order valence-electron chi connectivity index (χ1n) is 11.7. The fourth-order valence-electron chi connectivity index (χ4n) is 4.29. The molecule has 0 radical (unpaired) electrons. The van der Waals surface area contributed by atoms with Gasteiger partial charge < -0.3 is 4.98 Å². The van der Waals surface area contributed by atoms with E-state index < -0.39 is 0 Å². The zero-order chi connectivity index (χ0) is 23.2. The minimum atomic E-state index is 0.888. The molecule has 5 nitrogen and oxygen atoms in total. The average Bonchev–Trinajstić information content (AvgIpc) is 3.55. The predicted molar refractivity (Wildman–Crippen MR) is 139 cm³/mol. The van der Waals surface area contributed by atoms with E-state index in [-0.39, 0.29) is 0 Å². The topological polar surface area (TPSA) is 60.6 Å².